The van der Waals surface area contributed by atoms with Crippen molar-refractivity contribution in [1.82, 2.24) is 4.31 Å². The number of carbonyl (C=O) groups excluding carboxylic acids is 1. The van der Waals surface area contributed by atoms with Gasteiger partial charge < -0.3 is 19.9 Å². The second-order valence-corrected chi connectivity index (χ2v) is 8.23. The van der Waals surface area contributed by atoms with Crippen LogP contribution in [0, 0.1) is 5.92 Å². The SMILES string of the molecule is COc1cc2c(cc1S(=O)(=O)N1CC(C(=O)O)CCC1C)OCC(=O)N2. The maximum atomic E-state index is 13.2. The highest BCUT2D eigenvalue weighted by molar-refractivity contribution is 7.89. The van der Waals surface area contributed by atoms with Crippen LogP contribution in [0.4, 0.5) is 5.69 Å². The van der Waals surface area contributed by atoms with E-state index in [0.29, 0.717) is 18.5 Å². The number of hydrogen-bond donors (Lipinski definition) is 2. The lowest BCUT2D eigenvalue weighted by Gasteiger charge is -2.35. The van der Waals surface area contributed by atoms with E-state index in [-0.39, 0.29) is 41.5 Å². The van der Waals surface area contributed by atoms with Crippen LogP contribution in [0.25, 0.3) is 0 Å². The number of fused-ring (bicyclic) bond motifs is 1. The lowest BCUT2D eigenvalue weighted by molar-refractivity contribution is -0.143. The summed E-state index contributed by atoms with van der Waals surface area (Å²) in [5.41, 5.74) is 0.326. The molecule has 3 rings (SSSR count). The number of carboxylic acids is 1. The van der Waals surface area contributed by atoms with Crippen LogP contribution in [0.2, 0.25) is 0 Å². The molecule has 2 heterocycles. The van der Waals surface area contributed by atoms with Crippen LogP contribution >= 0.6 is 0 Å². The van der Waals surface area contributed by atoms with E-state index in [1.54, 1.807) is 6.92 Å². The molecule has 1 aromatic rings. The molecule has 0 saturated carbocycles. The Kier molecular flexibility index (Phi) is 4.80. The van der Waals surface area contributed by atoms with Crippen molar-refractivity contribution in [3.63, 3.8) is 0 Å². The Balaban J connectivity index is 2.03. The Morgan fingerprint density at radius 2 is 2.12 bits per heavy atom. The Morgan fingerprint density at radius 3 is 2.77 bits per heavy atom. The van der Waals surface area contributed by atoms with Gasteiger partial charge in [-0.1, -0.05) is 0 Å². The summed E-state index contributed by atoms with van der Waals surface area (Å²) in [6.07, 6.45) is 0.884. The lowest BCUT2D eigenvalue weighted by Crippen LogP contribution is -2.47. The van der Waals surface area contributed by atoms with Gasteiger partial charge in [0, 0.05) is 24.7 Å². The normalized spacial score (nSPS) is 23.5. The summed E-state index contributed by atoms with van der Waals surface area (Å²) in [5.74, 6) is -1.83. The van der Waals surface area contributed by atoms with Gasteiger partial charge >= 0.3 is 5.97 Å². The van der Waals surface area contributed by atoms with Crippen molar-refractivity contribution in [3.05, 3.63) is 12.1 Å². The molecule has 0 aromatic heterocycles. The largest absolute Gasteiger partial charge is 0.495 e. The molecule has 2 unspecified atom stereocenters. The quantitative estimate of drug-likeness (QED) is 0.791. The van der Waals surface area contributed by atoms with E-state index >= 15 is 0 Å². The highest BCUT2D eigenvalue weighted by Gasteiger charge is 2.39. The van der Waals surface area contributed by atoms with E-state index in [1.807, 2.05) is 0 Å². The maximum Gasteiger partial charge on any atom is 0.307 e. The highest BCUT2D eigenvalue weighted by atomic mass is 32.2. The molecule has 2 atom stereocenters. The molecule has 0 radical (unpaired) electrons. The van der Waals surface area contributed by atoms with E-state index in [0.717, 1.165) is 0 Å². The van der Waals surface area contributed by atoms with Gasteiger partial charge in [-0.25, -0.2) is 8.42 Å². The average Bonchev–Trinajstić information content (AvgIpc) is 2.60. The third-order valence-electron chi connectivity index (χ3n) is 4.66. The van der Waals surface area contributed by atoms with Gasteiger partial charge in [-0.05, 0) is 19.8 Å². The third-order valence-corrected chi connectivity index (χ3v) is 6.66. The number of sulfonamides is 1. The molecule has 0 aliphatic carbocycles. The first-order valence-electron chi connectivity index (χ1n) is 8.13. The number of carboxylic acid groups (broad SMARTS) is 1. The Labute approximate surface area is 150 Å². The Hall–Kier alpha value is -2.33. The van der Waals surface area contributed by atoms with Crippen LogP contribution in [0.15, 0.2) is 17.0 Å². The maximum absolute atomic E-state index is 13.2. The zero-order valence-corrected chi connectivity index (χ0v) is 15.2. The molecular weight excluding hydrogens is 364 g/mol. The van der Waals surface area contributed by atoms with Crippen LogP contribution in [-0.4, -0.2) is 56.0 Å². The molecule has 0 bridgehead atoms. The van der Waals surface area contributed by atoms with Gasteiger partial charge in [-0.3, -0.25) is 9.59 Å². The molecule has 26 heavy (non-hydrogen) atoms. The Bertz CT molecular complexity index is 852. The number of ether oxygens (including phenoxy) is 2. The predicted molar refractivity (Wildman–Crippen MR) is 90.8 cm³/mol. The molecule has 2 aliphatic rings. The second kappa shape index (κ2) is 6.76. The van der Waals surface area contributed by atoms with Gasteiger partial charge in [0.2, 0.25) is 10.0 Å². The molecule has 1 aromatic carbocycles. The topological polar surface area (TPSA) is 122 Å². The molecule has 2 N–H and O–H groups in total. The zero-order chi connectivity index (χ0) is 19.1. The number of anilines is 1. The Morgan fingerprint density at radius 1 is 1.38 bits per heavy atom. The standard InChI is InChI=1S/C16H20N2O7S/c1-9-3-4-10(16(20)21)7-18(9)26(22,23)14-6-12-11(5-13(14)24-2)17-15(19)8-25-12/h5-6,9-10H,3-4,7-8H2,1-2H3,(H,17,19)(H,20,21). The van der Waals surface area contributed by atoms with Crippen molar-refractivity contribution < 1.29 is 32.6 Å². The smallest absolute Gasteiger partial charge is 0.307 e. The van der Waals surface area contributed by atoms with Crippen molar-refractivity contribution in [3.8, 4) is 11.5 Å². The summed E-state index contributed by atoms with van der Waals surface area (Å²) < 4.78 is 38.1. The fourth-order valence-electron chi connectivity index (χ4n) is 3.19. The molecule has 2 aliphatic heterocycles. The number of amides is 1. The van der Waals surface area contributed by atoms with E-state index < -0.39 is 21.9 Å². The van der Waals surface area contributed by atoms with E-state index in [4.69, 9.17) is 9.47 Å². The fourth-order valence-corrected chi connectivity index (χ4v) is 5.05. The van der Waals surface area contributed by atoms with Crippen LogP contribution < -0.4 is 14.8 Å². The summed E-state index contributed by atoms with van der Waals surface area (Å²) in [6.45, 7) is 1.44. The lowest BCUT2D eigenvalue weighted by atomic mass is 9.96. The van der Waals surface area contributed by atoms with Gasteiger partial charge in [0.05, 0.1) is 18.7 Å². The minimum absolute atomic E-state index is 0.0548. The van der Waals surface area contributed by atoms with Crippen molar-refractivity contribution in [1.29, 1.82) is 0 Å². The predicted octanol–water partition coefficient (Wildman–Crippen LogP) is 0.900. The number of aliphatic carboxylic acids is 1. The molecule has 0 spiro atoms. The van der Waals surface area contributed by atoms with Crippen molar-refractivity contribution in [2.45, 2.75) is 30.7 Å². The number of carbonyl (C=O) groups is 2. The van der Waals surface area contributed by atoms with Gasteiger partial charge in [0.15, 0.2) is 6.61 Å². The highest BCUT2D eigenvalue weighted by Crippen LogP contribution is 2.39. The fraction of sp³-hybridized carbons (Fsp3) is 0.500. The van der Waals surface area contributed by atoms with Crippen molar-refractivity contribution in [2.24, 2.45) is 5.92 Å². The second-order valence-electron chi connectivity index (χ2n) is 6.37. The van der Waals surface area contributed by atoms with Gasteiger partial charge in [0.1, 0.15) is 16.4 Å². The number of methoxy groups -OCH3 is 1. The number of rotatable bonds is 4. The number of benzene rings is 1. The number of nitrogens with one attached hydrogen (secondary N) is 1. The first-order chi connectivity index (χ1) is 12.2. The zero-order valence-electron chi connectivity index (χ0n) is 14.4. The first-order valence-corrected chi connectivity index (χ1v) is 9.57. The molecule has 1 saturated heterocycles. The van der Waals surface area contributed by atoms with Gasteiger partial charge in [0.25, 0.3) is 5.91 Å². The summed E-state index contributed by atoms with van der Waals surface area (Å²) in [6, 6.07) is 2.36. The molecule has 142 valence electrons. The van der Waals surface area contributed by atoms with Crippen molar-refractivity contribution >= 4 is 27.6 Å². The molecule has 1 amide bonds. The first kappa shape index (κ1) is 18.5. The number of hydrogen-bond acceptors (Lipinski definition) is 6. The minimum atomic E-state index is -4.02. The number of nitrogens with zero attached hydrogens (tertiary/aromatic N) is 1. The van der Waals surface area contributed by atoms with Crippen molar-refractivity contribution in [2.75, 3.05) is 25.6 Å². The molecule has 1 fully saturated rings. The minimum Gasteiger partial charge on any atom is -0.495 e. The molecule has 10 heteroatoms. The van der Waals surface area contributed by atoms with Crippen LogP contribution in [0.1, 0.15) is 19.8 Å². The summed E-state index contributed by atoms with van der Waals surface area (Å²) in [5, 5.41) is 11.8. The summed E-state index contributed by atoms with van der Waals surface area (Å²) in [7, 11) is -2.69. The molecule has 9 nitrogen and oxygen atoms in total. The summed E-state index contributed by atoms with van der Waals surface area (Å²) in [4.78, 5) is 22.6. The van der Waals surface area contributed by atoms with E-state index in [1.165, 1.54) is 23.5 Å². The average molecular weight is 384 g/mol. The van der Waals surface area contributed by atoms with Gasteiger partial charge in [-0.15, -0.1) is 0 Å². The van der Waals surface area contributed by atoms with Gasteiger partial charge in [-0.2, -0.15) is 4.31 Å². The number of piperidine rings is 1. The molecular formula is C16H20N2O7S. The third kappa shape index (κ3) is 3.21. The van der Waals surface area contributed by atoms with E-state index in [2.05, 4.69) is 5.32 Å². The summed E-state index contributed by atoms with van der Waals surface area (Å²) >= 11 is 0. The monoisotopic (exact) mass is 384 g/mol. The van der Waals surface area contributed by atoms with Crippen LogP contribution in [-0.2, 0) is 19.6 Å². The van der Waals surface area contributed by atoms with Crippen LogP contribution in [0.5, 0.6) is 11.5 Å². The van der Waals surface area contributed by atoms with E-state index in [9.17, 15) is 23.1 Å². The van der Waals surface area contributed by atoms with Crippen LogP contribution in [0.3, 0.4) is 0 Å².